The minimum absolute atomic E-state index is 0.0763. The number of para-hydroxylation sites is 1. The normalized spacial score (nSPS) is 11.0. The van der Waals surface area contributed by atoms with Crippen LogP contribution in [0.3, 0.4) is 0 Å². The molecule has 4 aromatic rings. The number of hydrogen-bond acceptors (Lipinski definition) is 4. The summed E-state index contributed by atoms with van der Waals surface area (Å²) in [7, 11) is 0. The maximum absolute atomic E-state index is 13.2. The zero-order valence-corrected chi connectivity index (χ0v) is 17.8. The molecule has 152 valence electrons. The molecule has 0 bridgehead atoms. The highest BCUT2D eigenvalue weighted by atomic mass is 32.1. The number of rotatable bonds is 6. The lowest BCUT2D eigenvalue weighted by atomic mass is 10.0. The van der Waals surface area contributed by atoms with Crippen molar-refractivity contribution >= 4 is 33.1 Å². The van der Waals surface area contributed by atoms with Gasteiger partial charge in [-0.2, -0.15) is 0 Å². The van der Waals surface area contributed by atoms with Crippen LogP contribution < -0.4 is 10.9 Å². The minimum atomic E-state index is -0.231. The van der Waals surface area contributed by atoms with E-state index in [1.165, 1.54) is 22.2 Å². The summed E-state index contributed by atoms with van der Waals surface area (Å²) in [6.45, 7) is 4.05. The molecule has 0 unspecified atom stereocenters. The van der Waals surface area contributed by atoms with Gasteiger partial charge in [0.05, 0.1) is 11.7 Å². The fourth-order valence-corrected chi connectivity index (χ4v) is 4.55. The third-order valence-corrected chi connectivity index (χ3v) is 6.11. The standard InChI is InChI=1S/C24H23N3O2S/c1-3-16-11-8-12-17(4-2)22(16)26-20(28)13-27-15-25-23-21(24(27)29)19(14-30-23)18-9-6-5-7-10-18/h5-12,14-15H,3-4,13H2,1-2H3,(H,26,28). The number of carbonyl (C=O) groups excluding carboxylic acids is 1. The first-order chi connectivity index (χ1) is 14.6. The van der Waals surface area contributed by atoms with Crippen molar-refractivity contribution in [2.45, 2.75) is 33.2 Å². The smallest absolute Gasteiger partial charge is 0.263 e. The van der Waals surface area contributed by atoms with Crippen molar-refractivity contribution in [3.63, 3.8) is 0 Å². The van der Waals surface area contributed by atoms with E-state index in [1.807, 2.05) is 53.9 Å². The monoisotopic (exact) mass is 417 g/mol. The van der Waals surface area contributed by atoms with Gasteiger partial charge in [0, 0.05) is 16.6 Å². The van der Waals surface area contributed by atoms with Gasteiger partial charge in [-0.3, -0.25) is 14.2 Å². The van der Waals surface area contributed by atoms with Gasteiger partial charge in [-0.1, -0.05) is 62.4 Å². The predicted molar refractivity (Wildman–Crippen MR) is 123 cm³/mol. The largest absolute Gasteiger partial charge is 0.324 e. The number of benzene rings is 2. The number of nitrogens with one attached hydrogen (secondary N) is 1. The Balaban J connectivity index is 1.66. The van der Waals surface area contributed by atoms with Crippen molar-refractivity contribution in [1.29, 1.82) is 0 Å². The van der Waals surface area contributed by atoms with E-state index in [2.05, 4.69) is 24.1 Å². The molecule has 4 rings (SSSR count). The first kappa shape index (κ1) is 20.0. The van der Waals surface area contributed by atoms with Crippen molar-refractivity contribution in [3.05, 3.63) is 81.7 Å². The molecule has 0 aliphatic rings. The molecule has 0 saturated carbocycles. The van der Waals surface area contributed by atoms with Crippen molar-refractivity contribution in [2.24, 2.45) is 0 Å². The lowest BCUT2D eigenvalue weighted by molar-refractivity contribution is -0.116. The molecule has 0 atom stereocenters. The van der Waals surface area contributed by atoms with Crippen molar-refractivity contribution < 1.29 is 4.79 Å². The Hall–Kier alpha value is -3.25. The lowest BCUT2D eigenvalue weighted by Gasteiger charge is -2.15. The van der Waals surface area contributed by atoms with Crippen molar-refractivity contribution in [3.8, 4) is 11.1 Å². The van der Waals surface area contributed by atoms with E-state index in [1.54, 1.807) is 0 Å². The molecule has 1 amide bonds. The molecule has 2 heterocycles. The van der Waals surface area contributed by atoms with E-state index in [-0.39, 0.29) is 18.0 Å². The molecule has 5 nitrogen and oxygen atoms in total. The van der Waals surface area contributed by atoms with Crippen LogP contribution in [-0.2, 0) is 24.2 Å². The number of aryl methyl sites for hydroxylation is 2. The van der Waals surface area contributed by atoms with Gasteiger partial charge in [0.2, 0.25) is 5.91 Å². The number of fused-ring (bicyclic) bond motifs is 1. The second-order valence-corrected chi connectivity index (χ2v) is 7.94. The molecule has 0 radical (unpaired) electrons. The molecule has 6 heteroatoms. The van der Waals surface area contributed by atoms with Gasteiger partial charge < -0.3 is 5.32 Å². The van der Waals surface area contributed by atoms with Crippen LogP contribution >= 0.6 is 11.3 Å². The Kier molecular flexibility index (Phi) is 5.77. The van der Waals surface area contributed by atoms with Gasteiger partial charge in [0.1, 0.15) is 11.4 Å². The van der Waals surface area contributed by atoms with Gasteiger partial charge in [0.15, 0.2) is 0 Å². The first-order valence-electron chi connectivity index (χ1n) is 10.0. The van der Waals surface area contributed by atoms with Gasteiger partial charge in [0.25, 0.3) is 5.56 Å². The SMILES string of the molecule is CCc1cccc(CC)c1NC(=O)Cn1cnc2scc(-c3ccccc3)c2c1=O. The average Bonchev–Trinajstić information content (AvgIpc) is 3.21. The summed E-state index contributed by atoms with van der Waals surface area (Å²) in [6.07, 6.45) is 3.11. The number of aromatic nitrogens is 2. The van der Waals surface area contributed by atoms with Crippen LogP contribution in [0.1, 0.15) is 25.0 Å². The van der Waals surface area contributed by atoms with E-state index in [0.717, 1.165) is 40.8 Å². The van der Waals surface area contributed by atoms with Gasteiger partial charge in [-0.05, 0) is 29.5 Å². The molecule has 1 N–H and O–H groups in total. The van der Waals surface area contributed by atoms with E-state index in [4.69, 9.17) is 0 Å². The summed E-state index contributed by atoms with van der Waals surface area (Å²) in [5, 5.41) is 5.53. The highest BCUT2D eigenvalue weighted by molar-refractivity contribution is 7.17. The quantitative estimate of drug-likeness (QED) is 0.486. The molecule has 0 fully saturated rings. The maximum atomic E-state index is 13.2. The van der Waals surface area contributed by atoms with Gasteiger partial charge >= 0.3 is 0 Å². The number of hydrogen-bond donors (Lipinski definition) is 1. The highest BCUT2D eigenvalue weighted by Crippen LogP contribution is 2.30. The number of thiophene rings is 1. The predicted octanol–water partition coefficient (Wildman–Crippen LogP) is 4.89. The summed E-state index contributed by atoms with van der Waals surface area (Å²) in [4.78, 5) is 31.1. The first-order valence-corrected chi connectivity index (χ1v) is 10.9. The Morgan fingerprint density at radius 2 is 1.73 bits per heavy atom. The minimum Gasteiger partial charge on any atom is -0.324 e. The number of nitrogens with zero attached hydrogens (tertiary/aromatic N) is 2. The number of carbonyl (C=O) groups is 1. The van der Waals surface area contributed by atoms with E-state index in [0.29, 0.717) is 10.2 Å². The Labute approximate surface area is 179 Å². The fraction of sp³-hybridized carbons (Fsp3) is 0.208. The van der Waals surface area contributed by atoms with Gasteiger partial charge in [-0.25, -0.2) is 4.98 Å². The molecule has 0 spiro atoms. The second-order valence-electron chi connectivity index (χ2n) is 7.08. The van der Waals surface area contributed by atoms with E-state index in [9.17, 15) is 9.59 Å². The van der Waals surface area contributed by atoms with Crippen LogP contribution in [0.25, 0.3) is 21.3 Å². The average molecular weight is 418 g/mol. The van der Waals surface area contributed by atoms with Crippen molar-refractivity contribution in [2.75, 3.05) is 5.32 Å². The molecule has 2 aromatic carbocycles. The van der Waals surface area contributed by atoms with Gasteiger partial charge in [-0.15, -0.1) is 11.3 Å². The Morgan fingerprint density at radius 1 is 1.03 bits per heavy atom. The number of anilines is 1. The third-order valence-electron chi connectivity index (χ3n) is 5.22. The van der Waals surface area contributed by atoms with Crippen LogP contribution in [0.5, 0.6) is 0 Å². The third kappa shape index (κ3) is 3.78. The van der Waals surface area contributed by atoms with Crippen LogP contribution in [0, 0.1) is 0 Å². The highest BCUT2D eigenvalue weighted by Gasteiger charge is 2.16. The molecule has 30 heavy (non-hydrogen) atoms. The zero-order valence-electron chi connectivity index (χ0n) is 17.0. The Morgan fingerprint density at radius 3 is 2.40 bits per heavy atom. The topological polar surface area (TPSA) is 64.0 Å². The second kappa shape index (κ2) is 8.63. The fourth-order valence-electron chi connectivity index (χ4n) is 3.65. The number of amides is 1. The molecular weight excluding hydrogens is 394 g/mol. The maximum Gasteiger partial charge on any atom is 0.263 e. The Bertz CT molecular complexity index is 1240. The van der Waals surface area contributed by atoms with Crippen LogP contribution in [0.2, 0.25) is 0 Å². The lowest BCUT2D eigenvalue weighted by Crippen LogP contribution is -2.28. The summed E-state index contributed by atoms with van der Waals surface area (Å²) in [5.74, 6) is -0.231. The van der Waals surface area contributed by atoms with Crippen LogP contribution in [0.4, 0.5) is 5.69 Å². The van der Waals surface area contributed by atoms with Crippen molar-refractivity contribution in [1.82, 2.24) is 9.55 Å². The zero-order chi connectivity index (χ0) is 21.1. The van der Waals surface area contributed by atoms with E-state index >= 15 is 0 Å². The molecule has 0 aliphatic heterocycles. The summed E-state index contributed by atoms with van der Waals surface area (Å²) >= 11 is 1.44. The summed E-state index contributed by atoms with van der Waals surface area (Å²) in [6, 6.07) is 15.8. The summed E-state index contributed by atoms with van der Waals surface area (Å²) in [5.41, 5.74) is 4.66. The molecule has 2 aromatic heterocycles. The summed E-state index contributed by atoms with van der Waals surface area (Å²) < 4.78 is 1.39. The van der Waals surface area contributed by atoms with Crippen LogP contribution in [-0.4, -0.2) is 15.5 Å². The molecule has 0 aliphatic carbocycles. The molecule has 0 saturated heterocycles. The van der Waals surface area contributed by atoms with E-state index < -0.39 is 0 Å². The van der Waals surface area contributed by atoms with Crippen LogP contribution in [0.15, 0.2) is 65.0 Å². The molecular formula is C24H23N3O2S.